The molecular formula is C93H75Cl12F3N18O9. The van der Waals surface area contributed by atoms with Gasteiger partial charge in [0.25, 0.3) is 16.7 Å². The van der Waals surface area contributed by atoms with Gasteiger partial charge in [0.2, 0.25) is 17.7 Å². The lowest BCUT2D eigenvalue weighted by Crippen LogP contribution is -2.49. The minimum atomic E-state index is -1.22. The molecule has 3 fully saturated rings. The number of piperazine rings is 3. The minimum Gasteiger partial charge on any atom is -0.504 e. The van der Waals surface area contributed by atoms with Crippen LogP contribution in [-0.4, -0.2) is 170 Å². The number of nitrogens with zero attached hydrogens (tertiary/aromatic N) is 18. The molecule has 0 atom stereocenters. The van der Waals surface area contributed by atoms with Crippen LogP contribution >= 0.6 is 139 Å². The lowest BCUT2D eigenvalue weighted by atomic mass is 10.0. The second-order valence-corrected chi connectivity index (χ2v) is 36.7. The number of aromatic nitrogens is 9. The first kappa shape index (κ1) is 101. The van der Waals surface area contributed by atoms with Crippen molar-refractivity contribution in [2.45, 2.75) is 80.1 Å². The lowest BCUT2D eigenvalue weighted by Gasteiger charge is -2.36. The summed E-state index contributed by atoms with van der Waals surface area (Å²) < 4.78 is 47.5. The quantitative estimate of drug-likeness (QED) is 0.0487. The maximum absolute atomic E-state index is 14.5. The number of phenols is 3. The third kappa shape index (κ3) is 18.2. The summed E-state index contributed by atoms with van der Waals surface area (Å²) >= 11 is 77.0. The summed E-state index contributed by atoms with van der Waals surface area (Å²) in [6, 6.07) is 16.0. The predicted molar refractivity (Wildman–Crippen MR) is 524 cm³/mol. The van der Waals surface area contributed by atoms with Gasteiger partial charge in [-0.25, -0.2) is 28.1 Å². The van der Waals surface area contributed by atoms with Gasteiger partial charge in [-0.2, -0.15) is 15.8 Å². The van der Waals surface area contributed by atoms with Crippen molar-refractivity contribution in [1.29, 1.82) is 15.8 Å². The van der Waals surface area contributed by atoms with Crippen molar-refractivity contribution in [1.82, 2.24) is 58.3 Å². The zero-order valence-electron chi connectivity index (χ0n) is 72.8. The van der Waals surface area contributed by atoms with E-state index in [1.54, 1.807) is 72.3 Å². The van der Waals surface area contributed by atoms with Crippen LogP contribution < -0.4 is 31.4 Å². The number of aryl methyl sites for hydroxylation is 3. The number of hydrogen-bond donors (Lipinski definition) is 3. The Balaban J connectivity index is 0.000000171. The predicted octanol–water partition coefficient (Wildman–Crippen LogP) is 21.1. The zero-order chi connectivity index (χ0) is 98.7. The molecule has 3 aromatic carbocycles. The molecule has 0 radical (unpaired) electrons. The third-order valence-corrected chi connectivity index (χ3v) is 27.5. The van der Waals surface area contributed by atoms with Gasteiger partial charge in [-0.1, -0.05) is 200 Å². The molecule has 12 heterocycles. The molecule has 3 amide bonds. The van der Waals surface area contributed by atoms with Gasteiger partial charge < -0.3 is 44.7 Å². The average Bonchev–Trinajstić information content (AvgIpc) is 0.728. The summed E-state index contributed by atoms with van der Waals surface area (Å²) in [5.41, 5.74) is 2.90. The number of hydrogen-bond acceptors (Lipinski definition) is 21. The molecule has 135 heavy (non-hydrogen) atoms. The van der Waals surface area contributed by atoms with Crippen LogP contribution in [0.5, 0.6) is 17.2 Å². The Hall–Kier alpha value is -11.6. The van der Waals surface area contributed by atoms with Crippen LogP contribution in [0.1, 0.15) is 110 Å². The fourth-order valence-corrected chi connectivity index (χ4v) is 19.5. The number of pyridine rings is 9. The van der Waals surface area contributed by atoms with Gasteiger partial charge in [0, 0.05) is 130 Å². The van der Waals surface area contributed by atoms with E-state index in [-0.39, 0.29) is 150 Å². The van der Waals surface area contributed by atoms with E-state index in [0.29, 0.717) is 146 Å². The molecule has 3 aliphatic rings. The Labute approximate surface area is 829 Å². The molecule has 12 aromatic rings. The number of nitriles is 3. The highest BCUT2D eigenvalue weighted by Crippen LogP contribution is 2.53. The highest BCUT2D eigenvalue weighted by atomic mass is 35.5. The monoisotopic (exact) mass is 2060 g/mol. The molecular weight excluding hydrogens is 2000 g/mol. The molecule has 0 spiro atoms. The highest BCUT2D eigenvalue weighted by molar-refractivity contribution is 6.50. The first-order chi connectivity index (χ1) is 64.0. The molecule has 0 aliphatic carbocycles. The summed E-state index contributed by atoms with van der Waals surface area (Å²) in [5.74, 6) is -7.58. The third-order valence-electron chi connectivity index (χ3n) is 23.0. The number of halogens is 15. The zero-order valence-corrected chi connectivity index (χ0v) is 81.8. The Morgan fingerprint density at radius 1 is 0.378 bits per heavy atom. The van der Waals surface area contributed by atoms with Crippen LogP contribution in [0, 0.1) is 72.2 Å². The summed E-state index contributed by atoms with van der Waals surface area (Å²) in [5, 5.41) is 58.9. The number of carbonyl (C=O) groups is 3. The molecule has 15 rings (SSSR count). The van der Waals surface area contributed by atoms with Crippen LogP contribution in [-0.2, 0) is 14.4 Å². The molecule has 3 aliphatic heterocycles. The average molecular weight is 2070 g/mol. The molecule has 27 nitrogen and oxygen atoms in total. The van der Waals surface area contributed by atoms with E-state index in [0.717, 1.165) is 0 Å². The number of fused-ring (bicyclic) bond motifs is 3. The maximum atomic E-state index is 14.5. The summed E-state index contributed by atoms with van der Waals surface area (Å²) in [4.78, 5) is 118. The molecule has 3 N–H and O–H groups in total. The lowest BCUT2D eigenvalue weighted by molar-refractivity contribution is -0.127. The maximum Gasteiger partial charge on any atom is 0.276 e. The van der Waals surface area contributed by atoms with Crippen molar-refractivity contribution < 1.29 is 42.9 Å². The second-order valence-electron chi connectivity index (χ2n) is 32.0. The van der Waals surface area contributed by atoms with E-state index in [2.05, 4.69) is 52.9 Å². The second kappa shape index (κ2) is 40.7. The van der Waals surface area contributed by atoms with Crippen LogP contribution in [0.3, 0.4) is 0 Å². The molecule has 0 saturated carbocycles. The number of amides is 3. The van der Waals surface area contributed by atoms with Crippen molar-refractivity contribution in [3.05, 3.63) is 252 Å². The van der Waals surface area contributed by atoms with E-state index >= 15 is 0 Å². The molecule has 3 saturated heterocycles. The van der Waals surface area contributed by atoms with Gasteiger partial charge in [-0.15, -0.1) is 0 Å². The topological polar surface area (TPSA) is 346 Å². The van der Waals surface area contributed by atoms with E-state index in [9.17, 15) is 73.0 Å². The van der Waals surface area contributed by atoms with Crippen molar-refractivity contribution in [2.24, 2.45) is 0 Å². The fraction of sp³-hybridized carbons (Fsp3) is 0.258. The standard InChI is InChI=1S/3C31H25Cl4FN6O3/c3*1-5-19(43)40-8-10-41(11-9-40)28-16-12-18(32)26(20-21(33)23(35)24(36)29(44)22(20)34)39-30(16)42(31(45)17(28)13-37)27-15(4)6-7-38-25(27)14(2)3/h3*5-7,12,14,44H,1,8-11H2,2-4H3. The van der Waals surface area contributed by atoms with Gasteiger partial charge in [-0.3, -0.25) is 57.4 Å². The van der Waals surface area contributed by atoms with E-state index in [4.69, 9.17) is 154 Å². The molecule has 9 aromatic heterocycles. The summed E-state index contributed by atoms with van der Waals surface area (Å²) in [6.45, 7) is 31.3. The van der Waals surface area contributed by atoms with Crippen LogP contribution in [0.4, 0.5) is 30.2 Å². The van der Waals surface area contributed by atoms with Gasteiger partial charge in [0.05, 0.1) is 129 Å². The van der Waals surface area contributed by atoms with E-state index < -0.39 is 81.5 Å². The van der Waals surface area contributed by atoms with Gasteiger partial charge in [0.15, 0.2) is 34.7 Å². The van der Waals surface area contributed by atoms with Crippen molar-refractivity contribution >= 4 is 207 Å². The Bertz CT molecular complexity index is 6650. The molecule has 0 bridgehead atoms. The number of rotatable bonds is 15. The van der Waals surface area contributed by atoms with E-state index in [1.807, 2.05) is 56.2 Å². The number of aromatic hydroxyl groups is 3. The number of benzene rings is 3. The fourth-order valence-electron chi connectivity index (χ4n) is 16.4. The Morgan fingerprint density at radius 3 is 0.800 bits per heavy atom. The molecule has 0 unspecified atom stereocenters. The first-order valence-corrected chi connectivity index (χ1v) is 45.6. The van der Waals surface area contributed by atoms with Crippen molar-refractivity contribution in [3.63, 3.8) is 0 Å². The number of anilines is 3. The van der Waals surface area contributed by atoms with E-state index in [1.165, 1.54) is 50.1 Å². The first-order valence-electron chi connectivity index (χ1n) is 41.1. The highest BCUT2D eigenvalue weighted by Gasteiger charge is 2.38. The largest absolute Gasteiger partial charge is 0.504 e. The smallest absolute Gasteiger partial charge is 0.276 e. The van der Waals surface area contributed by atoms with Crippen molar-refractivity contribution in [3.8, 4) is 86.3 Å². The summed E-state index contributed by atoms with van der Waals surface area (Å²) in [6.07, 6.45) is 8.58. The summed E-state index contributed by atoms with van der Waals surface area (Å²) in [7, 11) is 0. The minimum absolute atomic E-state index is 0.0313. The Morgan fingerprint density at radius 2 is 0.600 bits per heavy atom. The molecule has 42 heteroatoms. The SMILES string of the molecule is C=CC(=O)N1CCN(c2c(C#N)c(=O)n(-c3c(C)ccnc3C(C)C)c3nc(-c4c(Cl)c(O)c(F)c(Cl)c4Cl)c(Cl)cc23)CC1.C=CC(=O)N1CCN(c2c(C#N)c(=O)n(-c3c(C)ccnc3C(C)C)c3nc(-c4c(Cl)c(O)c(F)c(Cl)c4Cl)c(Cl)cc23)CC1.C=CC(=O)N1CCN(c2c(C#N)c(=O)n(-c3c(C)ccnc3C(C)C)c3nc(-c4c(Cl)c(O)c(F)c(Cl)c4Cl)c(Cl)cc23)CC1. The van der Waals surface area contributed by atoms with Crippen molar-refractivity contribution in [2.75, 3.05) is 93.2 Å². The van der Waals surface area contributed by atoms with Gasteiger partial charge in [0.1, 0.15) is 51.8 Å². The Kier molecular flexibility index (Phi) is 30.4. The van der Waals surface area contributed by atoms with Gasteiger partial charge in [-0.05, 0) is 110 Å². The van der Waals surface area contributed by atoms with Crippen LogP contribution in [0.25, 0.3) is 83.9 Å². The van der Waals surface area contributed by atoms with Crippen LogP contribution in [0.15, 0.2) is 107 Å². The number of phenolic OH excluding ortho intramolecular Hbond substituents is 3. The van der Waals surface area contributed by atoms with Gasteiger partial charge >= 0.3 is 0 Å². The molecule has 696 valence electrons. The van der Waals surface area contributed by atoms with Crippen LogP contribution in [0.2, 0.25) is 60.3 Å². The number of carbonyl (C=O) groups excluding carboxylic acids is 3. The normalized spacial score (nSPS) is 13.4.